The second-order valence-corrected chi connectivity index (χ2v) is 11.8. The Bertz CT molecular complexity index is 1470. The van der Waals surface area contributed by atoms with Crippen LogP contribution in [-0.2, 0) is 6.54 Å². The Hall–Kier alpha value is -2.97. The van der Waals surface area contributed by atoms with Gasteiger partial charge in [0.05, 0.1) is 5.02 Å². The first-order chi connectivity index (χ1) is 18.6. The van der Waals surface area contributed by atoms with Crippen LogP contribution in [-0.4, -0.2) is 22.9 Å². The molecule has 1 aromatic heterocycles. The summed E-state index contributed by atoms with van der Waals surface area (Å²) in [6.45, 7) is 5.66. The lowest BCUT2D eigenvalue weighted by atomic mass is 9.76. The van der Waals surface area contributed by atoms with E-state index < -0.39 is 5.79 Å². The van der Waals surface area contributed by atoms with Crippen molar-refractivity contribution in [3.63, 3.8) is 0 Å². The average molecular weight is 571 g/mol. The minimum atomic E-state index is -0.901. The Morgan fingerprint density at radius 3 is 2.46 bits per heavy atom. The van der Waals surface area contributed by atoms with E-state index in [1.165, 1.54) is 23.9 Å². The molecular weight excluding hydrogens is 539 g/mol. The number of H-pyrrole nitrogens is 1. The molecule has 5 rings (SSSR count). The predicted molar refractivity (Wildman–Crippen MR) is 152 cm³/mol. The molecule has 1 atom stereocenters. The van der Waals surface area contributed by atoms with E-state index in [9.17, 15) is 14.0 Å². The zero-order valence-corrected chi connectivity index (χ0v) is 24.0. The zero-order chi connectivity index (χ0) is 27.9. The lowest BCUT2D eigenvalue weighted by Crippen LogP contribution is -2.44. The predicted octanol–water partition coefficient (Wildman–Crippen LogP) is 6.90. The third kappa shape index (κ3) is 5.41. The number of pyridine rings is 1. The normalized spacial score (nSPS) is 22.1. The van der Waals surface area contributed by atoms with Crippen molar-refractivity contribution < 1.29 is 18.7 Å². The molecule has 1 amide bonds. The SMILES string of the molecule is CSc1cc(C)[nH]c(=O)c1CNC(=O)c1cc(Cl)c2c(c1C)O[C@](C)([C@H]1CC[C@@H](c3ccc(F)cc3)CC1)O2. The Morgan fingerprint density at radius 2 is 1.79 bits per heavy atom. The molecule has 39 heavy (non-hydrogen) atoms. The molecule has 206 valence electrons. The number of ether oxygens (including phenoxy) is 2. The number of nitrogens with one attached hydrogen (secondary N) is 2. The quantitative estimate of drug-likeness (QED) is 0.315. The van der Waals surface area contributed by atoms with Gasteiger partial charge in [0, 0.05) is 46.7 Å². The van der Waals surface area contributed by atoms with Gasteiger partial charge in [0.2, 0.25) is 0 Å². The highest BCUT2D eigenvalue weighted by Gasteiger charge is 2.47. The van der Waals surface area contributed by atoms with E-state index in [2.05, 4.69) is 10.3 Å². The van der Waals surface area contributed by atoms with Crippen molar-refractivity contribution in [1.29, 1.82) is 0 Å². The third-order valence-corrected chi connectivity index (χ3v) is 9.06. The molecule has 1 fully saturated rings. The summed E-state index contributed by atoms with van der Waals surface area (Å²) in [5, 5.41) is 3.17. The first kappa shape index (κ1) is 27.6. The molecule has 2 N–H and O–H groups in total. The Kier molecular flexibility index (Phi) is 7.71. The maximum Gasteiger partial charge on any atom is 0.254 e. The van der Waals surface area contributed by atoms with Gasteiger partial charge in [0.15, 0.2) is 11.5 Å². The number of amides is 1. The molecule has 6 nitrogen and oxygen atoms in total. The maximum absolute atomic E-state index is 13.3. The van der Waals surface area contributed by atoms with E-state index in [4.69, 9.17) is 21.1 Å². The summed E-state index contributed by atoms with van der Waals surface area (Å²) in [5.41, 5.74) is 3.23. The van der Waals surface area contributed by atoms with E-state index in [1.807, 2.05) is 45.2 Å². The zero-order valence-electron chi connectivity index (χ0n) is 22.5. The summed E-state index contributed by atoms with van der Waals surface area (Å²) in [5.74, 6) is -0.0279. The molecule has 2 aromatic carbocycles. The van der Waals surface area contributed by atoms with Crippen molar-refractivity contribution in [3.05, 3.63) is 85.5 Å². The summed E-state index contributed by atoms with van der Waals surface area (Å²) >= 11 is 8.07. The highest BCUT2D eigenvalue weighted by atomic mass is 35.5. The minimum absolute atomic E-state index is 0.0884. The number of carbonyl (C=O) groups is 1. The van der Waals surface area contributed by atoms with Gasteiger partial charge in [0.25, 0.3) is 17.3 Å². The smallest absolute Gasteiger partial charge is 0.254 e. The molecule has 0 spiro atoms. The molecule has 1 aliphatic heterocycles. The number of hydrogen-bond acceptors (Lipinski definition) is 5. The van der Waals surface area contributed by atoms with Crippen LogP contribution in [0.15, 0.2) is 46.1 Å². The maximum atomic E-state index is 13.3. The lowest BCUT2D eigenvalue weighted by Gasteiger charge is -2.37. The lowest BCUT2D eigenvalue weighted by molar-refractivity contribution is -0.121. The summed E-state index contributed by atoms with van der Waals surface area (Å²) < 4.78 is 26.1. The molecule has 3 aromatic rings. The molecule has 9 heteroatoms. The number of rotatable bonds is 6. The first-order valence-corrected chi connectivity index (χ1v) is 14.7. The van der Waals surface area contributed by atoms with Gasteiger partial charge in [-0.15, -0.1) is 11.8 Å². The van der Waals surface area contributed by atoms with Gasteiger partial charge >= 0.3 is 0 Å². The number of fused-ring (bicyclic) bond motifs is 1. The van der Waals surface area contributed by atoms with Gasteiger partial charge in [-0.1, -0.05) is 23.7 Å². The fourth-order valence-electron chi connectivity index (χ4n) is 5.73. The van der Waals surface area contributed by atoms with E-state index in [0.717, 1.165) is 41.8 Å². The van der Waals surface area contributed by atoms with Crippen LogP contribution in [0.4, 0.5) is 4.39 Å². The van der Waals surface area contributed by atoms with Gasteiger partial charge in [-0.25, -0.2) is 4.39 Å². The number of halogens is 2. The number of aryl methyl sites for hydroxylation is 1. The highest BCUT2D eigenvalue weighted by molar-refractivity contribution is 7.98. The van der Waals surface area contributed by atoms with Crippen LogP contribution in [0.1, 0.15) is 71.3 Å². The summed E-state index contributed by atoms with van der Waals surface area (Å²) in [7, 11) is 0. The van der Waals surface area contributed by atoms with Crippen LogP contribution in [0, 0.1) is 25.6 Å². The van der Waals surface area contributed by atoms with E-state index in [-0.39, 0.29) is 29.7 Å². The highest BCUT2D eigenvalue weighted by Crippen LogP contribution is 2.52. The average Bonchev–Trinajstić information content (AvgIpc) is 3.30. The molecule has 0 radical (unpaired) electrons. The molecule has 0 bridgehead atoms. The van der Waals surface area contributed by atoms with Gasteiger partial charge in [-0.3, -0.25) is 9.59 Å². The number of hydrogen-bond donors (Lipinski definition) is 2. The van der Waals surface area contributed by atoms with Crippen LogP contribution in [0.3, 0.4) is 0 Å². The molecular formula is C30H32ClFN2O4S. The van der Waals surface area contributed by atoms with Crippen molar-refractivity contribution in [2.75, 3.05) is 6.26 Å². The number of carbonyl (C=O) groups excluding carboxylic acids is 1. The number of aromatic nitrogens is 1. The fraction of sp³-hybridized carbons (Fsp3) is 0.400. The van der Waals surface area contributed by atoms with Crippen LogP contribution >= 0.6 is 23.4 Å². The van der Waals surface area contributed by atoms with Crippen LogP contribution in [0.2, 0.25) is 5.02 Å². The Balaban J connectivity index is 1.30. The standard InChI is InChI=1S/C30H32ClFN2O4S/c1-16-13-25(39-4)23(29(36)34-16)15-33-28(35)22-14-24(31)27-26(17(22)2)37-30(3,38-27)20-9-5-18(6-10-20)19-7-11-21(32)12-8-19/h7-8,11-14,18,20H,5-6,9-10,15H2,1-4H3,(H,33,35)(H,34,36)/t18-,20+,30-/m0/s1. The molecule has 1 aliphatic carbocycles. The third-order valence-electron chi connectivity index (χ3n) is 7.98. The molecule has 2 heterocycles. The van der Waals surface area contributed by atoms with Gasteiger partial charge in [0.1, 0.15) is 5.82 Å². The monoisotopic (exact) mass is 570 g/mol. The van der Waals surface area contributed by atoms with E-state index in [0.29, 0.717) is 39.1 Å². The number of benzene rings is 2. The fourth-order valence-corrected chi connectivity index (χ4v) is 6.67. The Labute approximate surface area is 236 Å². The molecule has 0 saturated heterocycles. The summed E-state index contributed by atoms with van der Waals surface area (Å²) in [6.07, 6.45) is 5.57. The molecule has 0 unspecified atom stereocenters. The first-order valence-electron chi connectivity index (χ1n) is 13.1. The summed E-state index contributed by atoms with van der Waals surface area (Å²) in [4.78, 5) is 29.3. The number of thioether (sulfide) groups is 1. The minimum Gasteiger partial charge on any atom is -0.448 e. The van der Waals surface area contributed by atoms with E-state index in [1.54, 1.807) is 6.07 Å². The Morgan fingerprint density at radius 1 is 1.13 bits per heavy atom. The molecule has 2 aliphatic rings. The van der Waals surface area contributed by atoms with Crippen LogP contribution in [0.25, 0.3) is 0 Å². The molecule has 1 saturated carbocycles. The topological polar surface area (TPSA) is 80.4 Å². The van der Waals surface area contributed by atoms with Crippen molar-refractivity contribution in [2.24, 2.45) is 5.92 Å². The van der Waals surface area contributed by atoms with Crippen molar-refractivity contribution in [1.82, 2.24) is 10.3 Å². The second-order valence-electron chi connectivity index (χ2n) is 10.5. The van der Waals surface area contributed by atoms with Gasteiger partial charge in [-0.05, 0) is 81.5 Å². The summed E-state index contributed by atoms with van der Waals surface area (Å²) in [6, 6.07) is 10.3. The van der Waals surface area contributed by atoms with E-state index >= 15 is 0 Å². The van der Waals surface area contributed by atoms with Crippen LogP contribution in [0.5, 0.6) is 11.5 Å². The van der Waals surface area contributed by atoms with Crippen molar-refractivity contribution in [3.8, 4) is 11.5 Å². The van der Waals surface area contributed by atoms with Gasteiger partial charge < -0.3 is 19.8 Å². The second kappa shape index (κ2) is 10.9. The number of aromatic amines is 1. The van der Waals surface area contributed by atoms with Gasteiger partial charge in [-0.2, -0.15) is 0 Å². The largest absolute Gasteiger partial charge is 0.448 e. The van der Waals surface area contributed by atoms with Crippen molar-refractivity contribution >= 4 is 29.3 Å². The van der Waals surface area contributed by atoms with Crippen LogP contribution < -0.4 is 20.3 Å². The van der Waals surface area contributed by atoms with Crippen molar-refractivity contribution in [2.45, 2.75) is 69.6 Å².